The van der Waals surface area contributed by atoms with E-state index >= 15 is 0 Å². The Morgan fingerprint density at radius 1 is 1.23 bits per heavy atom. The third-order valence-corrected chi connectivity index (χ3v) is 4.64. The van der Waals surface area contributed by atoms with Crippen LogP contribution in [0.15, 0.2) is 42.7 Å². The van der Waals surface area contributed by atoms with Crippen molar-refractivity contribution in [2.45, 2.75) is 46.3 Å². The molecule has 5 nitrogen and oxygen atoms in total. The van der Waals surface area contributed by atoms with E-state index in [0.717, 1.165) is 16.6 Å². The Hall–Kier alpha value is -2.40. The van der Waals surface area contributed by atoms with Gasteiger partial charge in [-0.15, -0.1) is 0 Å². The Morgan fingerprint density at radius 2 is 2.00 bits per heavy atom. The van der Waals surface area contributed by atoms with Gasteiger partial charge in [0.1, 0.15) is 0 Å². The molecular formula is C20H23ClN4O. The third kappa shape index (κ3) is 3.58. The minimum absolute atomic E-state index is 0.0269. The lowest BCUT2D eigenvalue weighted by Crippen LogP contribution is -2.36. The van der Waals surface area contributed by atoms with E-state index < -0.39 is 0 Å². The summed E-state index contributed by atoms with van der Waals surface area (Å²) in [6.45, 7) is 8.65. The summed E-state index contributed by atoms with van der Waals surface area (Å²) in [6, 6.07) is 9.71. The number of rotatable bonds is 5. The minimum atomic E-state index is -0.0269. The number of hydrogen-bond acceptors (Lipinski definition) is 3. The Labute approximate surface area is 158 Å². The molecule has 0 spiro atoms. The largest absolute Gasteiger partial charge is 0.332 e. The summed E-state index contributed by atoms with van der Waals surface area (Å²) in [6.07, 6.45) is 3.52. The van der Waals surface area contributed by atoms with Crippen LogP contribution in [-0.2, 0) is 6.54 Å². The second-order valence-corrected chi connectivity index (χ2v) is 7.27. The van der Waals surface area contributed by atoms with E-state index in [2.05, 4.69) is 23.8 Å². The summed E-state index contributed by atoms with van der Waals surface area (Å²) in [5, 5.41) is 0.440. The summed E-state index contributed by atoms with van der Waals surface area (Å²) in [4.78, 5) is 23.5. The average molecular weight is 371 g/mol. The quantitative estimate of drug-likeness (QED) is 0.653. The lowest BCUT2D eigenvalue weighted by molar-refractivity contribution is 0.0690. The third-order valence-electron chi connectivity index (χ3n) is 4.37. The van der Waals surface area contributed by atoms with Gasteiger partial charge >= 0.3 is 0 Å². The van der Waals surface area contributed by atoms with Crippen LogP contribution in [0, 0.1) is 0 Å². The maximum absolute atomic E-state index is 13.1. The molecule has 0 fully saturated rings. The predicted molar refractivity (Wildman–Crippen MR) is 104 cm³/mol. The first kappa shape index (κ1) is 18.4. The van der Waals surface area contributed by atoms with Gasteiger partial charge in [-0.3, -0.25) is 9.78 Å². The zero-order chi connectivity index (χ0) is 18.8. The SMILES string of the molecule is CC(C)N(Cc1cccnc1)C(=O)c1ccc2c(c1)nc(Cl)n2C(C)C. The molecule has 1 amide bonds. The van der Waals surface area contributed by atoms with E-state index in [1.807, 2.05) is 53.6 Å². The van der Waals surface area contributed by atoms with Gasteiger partial charge in [0.25, 0.3) is 5.91 Å². The van der Waals surface area contributed by atoms with E-state index in [4.69, 9.17) is 11.6 Å². The molecular weight excluding hydrogens is 348 g/mol. The normalized spacial score (nSPS) is 11.5. The average Bonchev–Trinajstić information content (AvgIpc) is 2.94. The fourth-order valence-corrected chi connectivity index (χ4v) is 3.41. The van der Waals surface area contributed by atoms with E-state index in [0.29, 0.717) is 17.4 Å². The van der Waals surface area contributed by atoms with Crippen molar-refractivity contribution >= 4 is 28.5 Å². The lowest BCUT2D eigenvalue weighted by Gasteiger charge is -2.27. The first-order valence-corrected chi connectivity index (χ1v) is 9.13. The molecule has 0 aliphatic carbocycles. The molecule has 2 aromatic heterocycles. The molecule has 0 N–H and O–H groups in total. The molecule has 136 valence electrons. The summed E-state index contributed by atoms with van der Waals surface area (Å²) in [5.41, 5.74) is 3.28. The first-order chi connectivity index (χ1) is 12.4. The second-order valence-electron chi connectivity index (χ2n) is 6.94. The van der Waals surface area contributed by atoms with Crippen molar-refractivity contribution in [1.82, 2.24) is 19.4 Å². The van der Waals surface area contributed by atoms with Crippen LogP contribution >= 0.6 is 11.6 Å². The second kappa shape index (κ2) is 7.46. The van der Waals surface area contributed by atoms with Crippen molar-refractivity contribution < 1.29 is 4.79 Å². The highest BCUT2D eigenvalue weighted by Gasteiger charge is 2.21. The highest BCUT2D eigenvalue weighted by Crippen LogP contribution is 2.26. The number of amides is 1. The molecule has 6 heteroatoms. The van der Waals surface area contributed by atoms with Crippen LogP contribution in [0.3, 0.4) is 0 Å². The Kier molecular flexibility index (Phi) is 5.28. The monoisotopic (exact) mass is 370 g/mol. The molecule has 0 atom stereocenters. The Balaban J connectivity index is 1.94. The molecule has 0 aliphatic rings. The maximum Gasteiger partial charge on any atom is 0.254 e. The van der Waals surface area contributed by atoms with Crippen LogP contribution in [0.5, 0.6) is 0 Å². The van der Waals surface area contributed by atoms with Crippen LogP contribution < -0.4 is 0 Å². The maximum atomic E-state index is 13.1. The molecule has 0 unspecified atom stereocenters. The molecule has 26 heavy (non-hydrogen) atoms. The smallest absolute Gasteiger partial charge is 0.254 e. The van der Waals surface area contributed by atoms with Crippen molar-refractivity contribution in [3.8, 4) is 0 Å². The van der Waals surface area contributed by atoms with Gasteiger partial charge in [0.05, 0.1) is 11.0 Å². The molecule has 0 saturated heterocycles. The van der Waals surface area contributed by atoms with E-state index in [-0.39, 0.29) is 18.0 Å². The molecule has 2 heterocycles. The number of pyridine rings is 1. The summed E-state index contributed by atoms with van der Waals surface area (Å²) in [7, 11) is 0. The number of imidazole rings is 1. The molecule has 0 bridgehead atoms. The van der Waals surface area contributed by atoms with Crippen molar-refractivity contribution in [3.63, 3.8) is 0 Å². The molecule has 1 aromatic carbocycles. The number of carbonyl (C=O) groups excluding carboxylic acids is 1. The number of carbonyl (C=O) groups is 1. The van der Waals surface area contributed by atoms with Crippen molar-refractivity contribution in [2.24, 2.45) is 0 Å². The Morgan fingerprint density at radius 3 is 2.62 bits per heavy atom. The molecule has 3 rings (SSSR count). The summed E-state index contributed by atoms with van der Waals surface area (Å²) < 4.78 is 1.96. The van der Waals surface area contributed by atoms with Gasteiger partial charge in [-0.1, -0.05) is 6.07 Å². The lowest BCUT2D eigenvalue weighted by atomic mass is 10.1. The van der Waals surface area contributed by atoms with Gasteiger partial charge < -0.3 is 9.47 Å². The zero-order valence-corrected chi connectivity index (χ0v) is 16.2. The van der Waals surface area contributed by atoms with Gasteiger partial charge in [0, 0.05) is 36.6 Å². The van der Waals surface area contributed by atoms with Gasteiger partial charge in [-0.25, -0.2) is 4.98 Å². The number of benzene rings is 1. The molecule has 3 aromatic rings. The van der Waals surface area contributed by atoms with E-state index in [9.17, 15) is 4.79 Å². The van der Waals surface area contributed by atoms with Crippen molar-refractivity contribution in [2.75, 3.05) is 0 Å². The van der Waals surface area contributed by atoms with Gasteiger partial charge in [0.15, 0.2) is 0 Å². The fraction of sp³-hybridized carbons (Fsp3) is 0.350. The van der Waals surface area contributed by atoms with Crippen LogP contribution in [0.2, 0.25) is 5.28 Å². The highest BCUT2D eigenvalue weighted by molar-refractivity contribution is 6.29. The van der Waals surface area contributed by atoms with Crippen LogP contribution in [0.25, 0.3) is 11.0 Å². The fourth-order valence-electron chi connectivity index (χ4n) is 3.04. The highest BCUT2D eigenvalue weighted by atomic mass is 35.5. The van der Waals surface area contributed by atoms with Crippen LogP contribution in [-0.4, -0.2) is 31.4 Å². The Bertz CT molecular complexity index is 918. The number of halogens is 1. The minimum Gasteiger partial charge on any atom is -0.332 e. The molecule has 0 saturated carbocycles. The predicted octanol–water partition coefficient (Wildman–Crippen LogP) is 4.72. The summed E-state index contributed by atoms with van der Waals surface area (Å²) in [5.74, 6) is -0.0269. The zero-order valence-electron chi connectivity index (χ0n) is 15.5. The molecule has 0 aliphatic heterocycles. The number of hydrogen-bond donors (Lipinski definition) is 0. The number of fused-ring (bicyclic) bond motifs is 1. The standard InChI is InChI=1S/C20H23ClN4O/c1-13(2)24(12-15-6-5-9-22-11-15)19(26)16-7-8-18-17(10-16)23-20(21)25(18)14(3)4/h5-11,13-14H,12H2,1-4H3. The van der Waals surface area contributed by atoms with Crippen molar-refractivity contribution in [1.29, 1.82) is 0 Å². The topological polar surface area (TPSA) is 51.0 Å². The van der Waals surface area contributed by atoms with Crippen molar-refractivity contribution in [3.05, 3.63) is 59.1 Å². The van der Waals surface area contributed by atoms with Gasteiger partial charge in [-0.2, -0.15) is 0 Å². The number of nitrogens with zero attached hydrogens (tertiary/aromatic N) is 4. The van der Waals surface area contributed by atoms with Crippen LogP contribution in [0.4, 0.5) is 0 Å². The first-order valence-electron chi connectivity index (χ1n) is 8.76. The van der Waals surface area contributed by atoms with Gasteiger partial charge in [0.2, 0.25) is 5.28 Å². The van der Waals surface area contributed by atoms with Gasteiger partial charge in [-0.05, 0) is 69.1 Å². The molecule has 0 radical (unpaired) electrons. The van der Waals surface area contributed by atoms with E-state index in [1.54, 1.807) is 12.4 Å². The van der Waals surface area contributed by atoms with E-state index in [1.165, 1.54) is 0 Å². The number of aromatic nitrogens is 3. The van der Waals surface area contributed by atoms with Crippen LogP contribution in [0.1, 0.15) is 49.7 Å². The summed E-state index contributed by atoms with van der Waals surface area (Å²) >= 11 is 6.26.